The number of carboxylic acid groups (broad SMARTS) is 1. The number of hydroxylamine groups is 1. The molecule has 0 radical (unpaired) electrons. The third-order valence-corrected chi connectivity index (χ3v) is 4.57. The molecule has 2 aromatic carbocycles. The second kappa shape index (κ2) is 12.4. The molecule has 0 aliphatic carbocycles. The highest BCUT2D eigenvalue weighted by molar-refractivity contribution is 5.94. The molecule has 30 heavy (non-hydrogen) atoms. The molecular weight excluding hydrogens is 386 g/mol. The van der Waals surface area contributed by atoms with E-state index in [1.165, 1.54) is 0 Å². The smallest absolute Gasteiger partial charge is 0.325 e. The van der Waals surface area contributed by atoms with Gasteiger partial charge in [-0.15, -0.1) is 0 Å². The van der Waals surface area contributed by atoms with Crippen LogP contribution in [0.3, 0.4) is 0 Å². The second-order valence-corrected chi connectivity index (χ2v) is 6.86. The summed E-state index contributed by atoms with van der Waals surface area (Å²) in [5.41, 5.74) is 3.56. The summed E-state index contributed by atoms with van der Waals surface area (Å²) in [6.07, 6.45) is 2.37. The lowest BCUT2D eigenvalue weighted by Gasteiger charge is -2.15. The monoisotopic (exact) mass is 413 g/mol. The molecule has 2 aromatic rings. The number of amides is 2. The van der Waals surface area contributed by atoms with Gasteiger partial charge in [0.1, 0.15) is 6.04 Å². The van der Waals surface area contributed by atoms with Gasteiger partial charge in [-0.3, -0.25) is 24.9 Å². The van der Waals surface area contributed by atoms with E-state index in [9.17, 15) is 19.5 Å². The highest BCUT2D eigenvalue weighted by Crippen LogP contribution is 2.14. The largest absolute Gasteiger partial charge is 0.480 e. The summed E-state index contributed by atoms with van der Waals surface area (Å²) in [5.74, 6) is -1.59. The maximum absolute atomic E-state index is 12.3. The molecule has 5 N–H and O–H groups in total. The zero-order chi connectivity index (χ0) is 21.8. The van der Waals surface area contributed by atoms with Gasteiger partial charge in [0.2, 0.25) is 5.91 Å². The Balaban J connectivity index is 1.82. The summed E-state index contributed by atoms with van der Waals surface area (Å²) in [7, 11) is 0. The van der Waals surface area contributed by atoms with Crippen molar-refractivity contribution in [3.05, 3.63) is 71.3 Å². The van der Waals surface area contributed by atoms with Crippen molar-refractivity contribution in [2.45, 2.75) is 38.3 Å². The summed E-state index contributed by atoms with van der Waals surface area (Å²) in [5, 5.41) is 23.8. The Morgan fingerprint density at radius 3 is 2.40 bits per heavy atom. The number of carboxylic acids is 1. The minimum absolute atomic E-state index is 0.206. The Hall–Kier alpha value is -3.23. The van der Waals surface area contributed by atoms with Crippen LogP contribution < -0.4 is 16.1 Å². The maximum Gasteiger partial charge on any atom is 0.325 e. The number of hydrogen-bond acceptors (Lipinski definition) is 5. The summed E-state index contributed by atoms with van der Waals surface area (Å²) in [6.45, 7) is 0.789. The van der Waals surface area contributed by atoms with E-state index in [2.05, 4.69) is 10.6 Å². The van der Waals surface area contributed by atoms with Crippen LogP contribution >= 0.6 is 0 Å². The van der Waals surface area contributed by atoms with E-state index < -0.39 is 17.9 Å². The Kier molecular flexibility index (Phi) is 9.50. The Labute approximate surface area is 175 Å². The van der Waals surface area contributed by atoms with Crippen molar-refractivity contribution in [2.75, 3.05) is 6.54 Å². The first-order valence-electron chi connectivity index (χ1n) is 9.82. The predicted molar refractivity (Wildman–Crippen MR) is 111 cm³/mol. The first-order valence-corrected chi connectivity index (χ1v) is 9.82. The van der Waals surface area contributed by atoms with Crippen LogP contribution in [0.15, 0.2) is 54.6 Å². The Morgan fingerprint density at radius 1 is 0.933 bits per heavy atom. The molecule has 8 nitrogen and oxygen atoms in total. The van der Waals surface area contributed by atoms with Gasteiger partial charge >= 0.3 is 5.97 Å². The topological polar surface area (TPSA) is 128 Å². The van der Waals surface area contributed by atoms with Crippen molar-refractivity contribution in [2.24, 2.45) is 0 Å². The third kappa shape index (κ3) is 7.65. The van der Waals surface area contributed by atoms with Crippen molar-refractivity contribution < 1.29 is 24.7 Å². The van der Waals surface area contributed by atoms with Crippen LogP contribution in [-0.2, 0) is 16.1 Å². The van der Waals surface area contributed by atoms with Crippen molar-refractivity contribution in [3.63, 3.8) is 0 Å². The molecule has 0 bridgehead atoms. The lowest BCUT2D eigenvalue weighted by Crippen LogP contribution is -2.28. The summed E-state index contributed by atoms with van der Waals surface area (Å²) in [6, 6.07) is 15.1. The van der Waals surface area contributed by atoms with E-state index >= 15 is 0 Å². The minimum Gasteiger partial charge on any atom is -0.480 e. The standard InChI is InChI=1S/C22H27N3O5/c26-19(25-30)12-5-2-6-13-23-21(27)18-11-7-8-16(14-18)15-24-20(22(28)29)17-9-3-1-4-10-17/h1,3-4,7-11,14,20,24,30H,2,5-6,12-13,15H2,(H,23,27)(H,25,26)(H,28,29). The van der Waals surface area contributed by atoms with Gasteiger partial charge in [-0.1, -0.05) is 48.9 Å². The normalized spacial score (nSPS) is 11.5. The second-order valence-electron chi connectivity index (χ2n) is 6.86. The van der Waals surface area contributed by atoms with Gasteiger partial charge in [-0.2, -0.15) is 0 Å². The lowest BCUT2D eigenvalue weighted by atomic mass is 10.1. The van der Waals surface area contributed by atoms with Crippen LogP contribution in [-0.4, -0.2) is 34.6 Å². The third-order valence-electron chi connectivity index (χ3n) is 4.57. The van der Waals surface area contributed by atoms with Crippen LogP contribution in [0.25, 0.3) is 0 Å². The fraction of sp³-hybridized carbons (Fsp3) is 0.318. The zero-order valence-corrected chi connectivity index (χ0v) is 16.6. The number of rotatable bonds is 12. The first kappa shape index (κ1) is 23.1. The van der Waals surface area contributed by atoms with E-state index in [1.807, 2.05) is 12.1 Å². The summed E-state index contributed by atoms with van der Waals surface area (Å²) < 4.78 is 0. The van der Waals surface area contributed by atoms with Crippen molar-refractivity contribution in [1.29, 1.82) is 0 Å². The summed E-state index contributed by atoms with van der Waals surface area (Å²) >= 11 is 0. The van der Waals surface area contributed by atoms with E-state index in [-0.39, 0.29) is 12.3 Å². The number of aliphatic carboxylic acids is 1. The highest BCUT2D eigenvalue weighted by Gasteiger charge is 2.18. The van der Waals surface area contributed by atoms with E-state index in [1.54, 1.807) is 47.9 Å². The molecule has 0 fully saturated rings. The highest BCUT2D eigenvalue weighted by atomic mass is 16.5. The van der Waals surface area contributed by atoms with Gasteiger partial charge in [-0.25, -0.2) is 5.48 Å². The molecule has 0 aromatic heterocycles. The maximum atomic E-state index is 12.3. The molecule has 0 aliphatic rings. The van der Waals surface area contributed by atoms with Gasteiger partial charge in [0.25, 0.3) is 5.91 Å². The van der Waals surface area contributed by atoms with Gasteiger partial charge in [0.15, 0.2) is 0 Å². The van der Waals surface area contributed by atoms with E-state index in [4.69, 9.17) is 5.21 Å². The van der Waals surface area contributed by atoms with Crippen LogP contribution in [0.5, 0.6) is 0 Å². The zero-order valence-electron chi connectivity index (χ0n) is 16.6. The molecule has 2 amide bonds. The van der Waals surface area contributed by atoms with Gasteiger partial charge in [0.05, 0.1) is 0 Å². The average molecular weight is 413 g/mol. The number of carbonyl (C=O) groups is 3. The van der Waals surface area contributed by atoms with Gasteiger partial charge in [-0.05, 0) is 36.1 Å². The Bertz CT molecular complexity index is 842. The number of unbranched alkanes of at least 4 members (excludes halogenated alkanes) is 2. The molecule has 0 saturated carbocycles. The molecule has 0 saturated heterocycles. The SMILES string of the molecule is O=C(CCCCCNC(=O)c1cccc(CNC(C(=O)O)c2ccccc2)c1)NO. The average Bonchev–Trinajstić information content (AvgIpc) is 2.76. The fourth-order valence-corrected chi connectivity index (χ4v) is 2.98. The van der Waals surface area contributed by atoms with Crippen molar-refractivity contribution in [1.82, 2.24) is 16.1 Å². The molecule has 1 unspecified atom stereocenters. The molecule has 160 valence electrons. The van der Waals surface area contributed by atoms with Gasteiger partial charge < -0.3 is 10.4 Å². The molecular formula is C22H27N3O5. The molecule has 1 atom stereocenters. The van der Waals surface area contributed by atoms with E-state index in [0.717, 1.165) is 18.4 Å². The number of hydrogen-bond donors (Lipinski definition) is 5. The van der Waals surface area contributed by atoms with E-state index in [0.29, 0.717) is 30.6 Å². The van der Waals surface area contributed by atoms with Crippen LogP contribution in [0.4, 0.5) is 0 Å². The van der Waals surface area contributed by atoms with Crippen LogP contribution in [0.1, 0.15) is 53.2 Å². The van der Waals surface area contributed by atoms with Gasteiger partial charge in [0, 0.05) is 25.1 Å². The van der Waals surface area contributed by atoms with Crippen molar-refractivity contribution in [3.8, 4) is 0 Å². The fourth-order valence-electron chi connectivity index (χ4n) is 2.98. The van der Waals surface area contributed by atoms with Crippen molar-refractivity contribution >= 4 is 17.8 Å². The Morgan fingerprint density at radius 2 is 1.70 bits per heavy atom. The molecule has 0 aliphatic heterocycles. The first-order chi connectivity index (χ1) is 14.5. The number of benzene rings is 2. The lowest BCUT2D eigenvalue weighted by molar-refractivity contribution is -0.139. The quantitative estimate of drug-likeness (QED) is 0.207. The minimum atomic E-state index is -0.966. The summed E-state index contributed by atoms with van der Waals surface area (Å²) in [4.78, 5) is 34.8. The molecule has 2 rings (SSSR count). The number of carbonyl (C=O) groups excluding carboxylic acids is 2. The molecule has 0 heterocycles. The van der Waals surface area contributed by atoms with Crippen LogP contribution in [0.2, 0.25) is 0 Å². The molecule has 8 heteroatoms. The molecule has 0 spiro atoms. The number of nitrogens with one attached hydrogen (secondary N) is 3. The predicted octanol–water partition coefficient (Wildman–Crippen LogP) is 2.40. The van der Waals surface area contributed by atoms with Crippen LogP contribution in [0, 0.1) is 0 Å².